The summed E-state index contributed by atoms with van der Waals surface area (Å²) >= 11 is 0. The Morgan fingerprint density at radius 1 is 1.00 bits per heavy atom. The minimum atomic E-state index is -1.18. The molecular formula is C23H39NO5. The van der Waals surface area contributed by atoms with Crippen LogP contribution in [0, 0.1) is 0 Å². The minimum Gasteiger partial charge on any atom is -0.389 e. The lowest BCUT2D eigenvalue weighted by atomic mass is 10.0. The van der Waals surface area contributed by atoms with E-state index in [1.54, 1.807) is 0 Å². The molecule has 0 radical (unpaired) electrons. The molecule has 6 heteroatoms. The Morgan fingerprint density at radius 2 is 1.69 bits per heavy atom. The van der Waals surface area contributed by atoms with Crippen LogP contribution in [-0.2, 0) is 9.47 Å². The van der Waals surface area contributed by atoms with Crippen LogP contribution in [0.3, 0.4) is 0 Å². The summed E-state index contributed by atoms with van der Waals surface area (Å²) in [4.78, 5) is 2.22. The van der Waals surface area contributed by atoms with Crippen molar-refractivity contribution in [1.29, 1.82) is 0 Å². The fourth-order valence-electron chi connectivity index (χ4n) is 3.68. The van der Waals surface area contributed by atoms with Gasteiger partial charge in [0, 0.05) is 12.1 Å². The topological polar surface area (TPSA) is 82.4 Å². The molecule has 1 aliphatic rings. The Hall–Kier alpha value is -1.02. The highest BCUT2D eigenvalue weighted by Crippen LogP contribution is 2.28. The Morgan fingerprint density at radius 3 is 2.38 bits per heavy atom. The Kier molecular flexibility index (Phi) is 11.1. The maximum absolute atomic E-state index is 10.7. The lowest BCUT2D eigenvalue weighted by Gasteiger charge is -2.38. The minimum absolute atomic E-state index is 0.0601. The zero-order chi connectivity index (χ0) is 21.1. The van der Waals surface area contributed by atoms with Crippen molar-refractivity contribution in [1.82, 2.24) is 4.90 Å². The molecule has 0 aliphatic carbocycles. The molecule has 0 bridgehead atoms. The van der Waals surface area contributed by atoms with E-state index in [-0.39, 0.29) is 6.61 Å². The SMILES string of the molecule is CCCCCCN(CCCC)C[C@H](O)[C@@H](O)[C@@H]1OC(c2ccccc2)OC[C@H]1O. The first kappa shape index (κ1) is 24.3. The van der Waals surface area contributed by atoms with Crippen LogP contribution in [0.2, 0.25) is 0 Å². The second-order valence-electron chi connectivity index (χ2n) is 8.02. The molecule has 1 fully saturated rings. The fourth-order valence-corrected chi connectivity index (χ4v) is 3.68. The maximum atomic E-state index is 10.7. The number of unbranched alkanes of at least 4 members (excludes halogenated alkanes) is 4. The monoisotopic (exact) mass is 409 g/mol. The van der Waals surface area contributed by atoms with Crippen molar-refractivity contribution in [2.45, 2.75) is 83.1 Å². The van der Waals surface area contributed by atoms with Crippen molar-refractivity contribution in [2.24, 2.45) is 0 Å². The van der Waals surface area contributed by atoms with E-state index in [0.29, 0.717) is 6.54 Å². The summed E-state index contributed by atoms with van der Waals surface area (Å²) in [5.74, 6) is 0. The molecule has 6 nitrogen and oxygen atoms in total. The molecule has 2 rings (SSSR count). The van der Waals surface area contributed by atoms with Gasteiger partial charge >= 0.3 is 0 Å². The standard InChI is InChI=1S/C23H39NO5/c1-3-5-7-11-15-24(14-6-4-2)16-19(25)21(27)22-20(26)17-28-23(29-22)18-12-9-8-10-13-18/h8-10,12-13,19-23,25-27H,3-7,11,14-17H2,1-2H3/t19-,20+,21+,22+,23?/m0/s1. The van der Waals surface area contributed by atoms with E-state index in [1.807, 2.05) is 30.3 Å². The molecule has 5 atom stereocenters. The zero-order valence-corrected chi connectivity index (χ0v) is 17.9. The van der Waals surface area contributed by atoms with Gasteiger partial charge in [-0.2, -0.15) is 0 Å². The van der Waals surface area contributed by atoms with E-state index in [4.69, 9.17) is 9.47 Å². The van der Waals surface area contributed by atoms with Gasteiger partial charge < -0.3 is 29.7 Å². The summed E-state index contributed by atoms with van der Waals surface area (Å²) < 4.78 is 11.4. The van der Waals surface area contributed by atoms with Crippen molar-refractivity contribution >= 4 is 0 Å². The van der Waals surface area contributed by atoms with Gasteiger partial charge in [-0.3, -0.25) is 0 Å². The van der Waals surface area contributed by atoms with Crippen LogP contribution < -0.4 is 0 Å². The Bertz CT molecular complexity index is 543. The van der Waals surface area contributed by atoms with Crippen LogP contribution in [0.1, 0.15) is 64.2 Å². The first-order chi connectivity index (χ1) is 14.1. The molecule has 0 spiro atoms. The molecule has 1 aromatic rings. The first-order valence-electron chi connectivity index (χ1n) is 11.1. The van der Waals surface area contributed by atoms with Crippen molar-refractivity contribution in [3.63, 3.8) is 0 Å². The van der Waals surface area contributed by atoms with E-state index in [2.05, 4.69) is 18.7 Å². The number of ether oxygens (including phenoxy) is 2. The molecule has 166 valence electrons. The highest BCUT2D eigenvalue weighted by molar-refractivity contribution is 5.16. The van der Waals surface area contributed by atoms with Gasteiger partial charge in [0.05, 0.1) is 12.7 Å². The third kappa shape index (κ3) is 7.96. The normalized spacial score (nSPS) is 24.6. The molecule has 3 N–H and O–H groups in total. The molecule has 1 saturated heterocycles. The Labute approximate surface area is 175 Å². The summed E-state index contributed by atoms with van der Waals surface area (Å²) in [6.07, 6.45) is 2.13. The van der Waals surface area contributed by atoms with Crippen LogP contribution in [0.4, 0.5) is 0 Å². The van der Waals surface area contributed by atoms with E-state index >= 15 is 0 Å². The van der Waals surface area contributed by atoms with Crippen molar-refractivity contribution in [2.75, 3.05) is 26.2 Å². The van der Waals surface area contributed by atoms with Gasteiger partial charge in [-0.25, -0.2) is 0 Å². The molecule has 0 saturated carbocycles. The lowest BCUT2D eigenvalue weighted by molar-refractivity contribution is -0.283. The summed E-state index contributed by atoms with van der Waals surface area (Å²) in [5, 5.41) is 31.7. The third-order valence-electron chi connectivity index (χ3n) is 5.48. The van der Waals surface area contributed by atoms with Gasteiger partial charge in [0.15, 0.2) is 6.29 Å². The van der Waals surface area contributed by atoms with Gasteiger partial charge in [-0.15, -0.1) is 0 Å². The number of hydrogen-bond donors (Lipinski definition) is 3. The average molecular weight is 410 g/mol. The number of aliphatic hydroxyl groups is 3. The van der Waals surface area contributed by atoms with E-state index in [0.717, 1.165) is 37.9 Å². The summed E-state index contributed by atoms with van der Waals surface area (Å²) in [5.41, 5.74) is 0.826. The van der Waals surface area contributed by atoms with E-state index in [9.17, 15) is 15.3 Å². The van der Waals surface area contributed by atoms with Crippen LogP contribution in [0.5, 0.6) is 0 Å². The Balaban J connectivity index is 1.93. The second-order valence-corrected chi connectivity index (χ2v) is 8.02. The van der Waals surface area contributed by atoms with Crippen LogP contribution >= 0.6 is 0 Å². The predicted molar refractivity (Wildman–Crippen MR) is 114 cm³/mol. The quantitative estimate of drug-likeness (QED) is 0.435. The number of aliphatic hydroxyl groups excluding tert-OH is 3. The zero-order valence-electron chi connectivity index (χ0n) is 17.9. The summed E-state index contributed by atoms with van der Waals surface area (Å²) in [6, 6.07) is 9.44. The first-order valence-corrected chi connectivity index (χ1v) is 11.1. The van der Waals surface area contributed by atoms with Crippen LogP contribution in [0.15, 0.2) is 30.3 Å². The van der Waals surface area contributed by atoms with E-state index in [1.165, 1.54) is 19.3 Å². The van der Waals surface area contributed by atoms with Gasteiger partial charge in [0.25, 0.3) is 0 Å². The lowest BCUT2D eigenvalue weighted by Crippen LogP contribution is -2.54. The highest BCUT2D eigenvalue weighted by atomic mass is 16.7. The predicted octanol–water partition coefficient (Wildman–Crippen LogP) is 2.87. The smallest absolute Gasteiger partial charge is 0.184 e. The molecule has 1 aromatic carbocycles. The number of rotatable bonds is 13. The average Bonchev–Trinajstić information content (AvgIpc) is 2.75. The van der Waals surface area contributed by atoms with Crippen LogP contribution in [0.25, 0.3) is 0 Å². The molecule has 1 heterocycles. The molecule has 0 aromatic heterocycles. The second kappa shape index (κ2) is 13.3. The number of hydrogen-bond acceptors (Lipinski definition) is 6. The summed E-state index contributed by atoms with van der Waals surface area (Å²) in [7, 11) is 0. The number of benzene rings is 1. The van der Waals surface area contributed by atoms with Crippen molar-refractivity contribution in [3.8, 4) is 0 Å². The molecule has 0 amide bonds. The van der Waals surface area contributed by atoms with Gasteiger partial charge in [0.1, 0.15) is 18.3 Å². The fraction of sp³-hybridized carbons (Fsp3) is 0.739. The van der Waals surface area contributed by atoms with Crippen LogP contribution in [-0.4, -0.2) is 70.9 Å². The van der Waals surface area contributed by atoms with E-state index < -0.39 is 30.7 Å². The largest absolute Gasteiger partial charge is 0.389 e. The third-order valence-corrected chi connectivity index (χ3v) is 5.48. The maximum Gasteiger partial charge on any atom is 0.184 e. The number of nitrogens with zero attached hydrogens (tertiary/aromatic N) is 1. The van der Waals surface area contributed by atoms with Gasteiger partial charge in [-0.1, -0.05) is 69.9 Å². The highest BCUT2D eigenvalue weighted by Gasteiger charge is 2.39. The molecule has 1 aliphatic heterocycles. The molecular weight excluding hydrogens is 370 g/mol. The molecule has 1 unspecified atom stereocenters. The molecule has 29 heavy (non-hydrogen) atoms. The summed E-state index contributed by atoms with van der Waals surface area (Å²) in [6.45, 7) is 6.58. The van der Waals surface area contributed by atoms with Crippen molar-refractivity contribution in [3.05, 3.63) is 35.9 Å². The van der Waals surface area contributed by atoms with Gasteiger partial charge in [0.2, 0.25) is 0 Å². The van der Waals surface area contributed by atoms with Crippen molar-refractivity contribution < 1.29 is 24.8 Å². The van der Waals surface area contributed by atoms with Gasteiger partial charge in [-0.05, 0) is 25.9 Å².